The zero-order valence-electron chi connectivity index (χ0n) is 5.15. The molecule has 0 saturated heterocycles. The van der Waals surface area contributed by atoms with Crippen LogP contribution in [-0.4, -0.2) is 64.0 Å². The average molecular weight is 203 g/mol. The molecule has 0 fully saturated rings. The van der Waals surface area contributed by atoms with E-state index in [1.54, 1.807) is 12.1 Å². The number of non-ortho nitro benzene ring substituents is 1. The molecular weight excluding hydrogens is 195 g/mol. The maximum atomic E-state index is 10.1. The molecule has 1 unspecified atom stereocenters. The van der Waals surface area contributed by atoms with Crippen LogP contribution in [0.5, 0.6) is 0 Å². The van der Waals surface area contributed by atoms with E-state index in [4.69, 9.17) is 0 Å². The molecule has 0 N–H and O–H groups in total. The van der Waals surface area contributed by atoms with Gasteiger partial charge in [0.2, 0.25) is 0 Å². The number of hydrogen-bond donors (Lipinski definition) is 0. The van der Waals surface area contributed by atoms with Crippen LogP contribution in [0.4, 0.5) is 5.69 Å². The Morgan fingerprint density at radius 3 is 1.92 bits per heavy atom. The Kier molecular flexibility index (Phi) is 9.64. The predicted molar refractivity (Wildman–Crippen MR) is 56.7 cm³/mol. The van der Waals surface area contributed by atoms with E-state index >= 15 is 0 Å². The zero-order valence-corrected chi connectivity index (χ0v) is 6.31. The molecule has 1 rings (SSSR count). The molecule has 3 nitrogen and oxygen atoms in total. The van der Waals surface area contributed by atoms with Gasteiger partial charge in [0.05, 0.1) is 4.92 Å². The first kappa shape index (κ1) is 15.5. The van der Waals surface area contributed by atoms with Crippen LogP contribution in [0, 0.1) is 10.1 Å². The standard InChI is InChI=1S/C6H6NO2P.2Na.2H/c8-7(9)5-1-3-6(10)4-2-5;;;;/h1-4H,10H2;;;;. The van der Waals surface area contributed by atoms with Gasteiger partial charge in [-0.3, -0.25) is 10.1 Å². The van der Waals surface area contributed by atoms with E-state index in [0.717, 1.165) is 5.30 Å². The van der Waals surface area contributed by atoms with E-state index in [-0.39, 0.29) is 64.8 Å². The minimum absolute atomic E-state index is 0. The van der Waals surface area contributed by atoms with Crippen molar-refractivity contribution in [1.82, 2.24) is 0 Å². The van der Waals surface area contributed by atoms with Crippen LogP contribution < -0.4 is 5.30 Å². The monoisotopic (exact) mass is 203 g/mol. The third kappa shape index (κ3) is 4.93. The molecule has 0 saturated carbocycles. The second-order valence-corrected chi connectivity index (χ2v) is 2.52. The van der Waals surface area contributed by atoms with Crippen LogP contribution in [0.3, 0.4) is 0 Å². The summed E-state index contributed by atoms with van der Waals surface area (Å²) in [7, 11) is 2.46. The Bertz CT molecular complexity index is 252. The fourth-order valence-corrected chi connectivity index (χ4v) is 0.788. The Labute approximate surface area is 117 Å². The number of nitro benzene ring substituents is 1. The zero-order chi connectivity index (χ0) is 7.56. The van der Waals surface area contributed by atoms with Crippen molar-refractivity contribution in [2.75, 3.05) is 0 Å². The molecule has 0 aliphatic heterocycles. The second-order valence-electron chi connectivity index (χ2n) is 1.85. The van der Waals surface area contributed by atoms with Gasteiger partial charge in [-0.2, -0.15) is 0 Å². The van der Waals surface area contributed by atoms with E-state index in [2.05, 4.69) is 9.24 Å². The van der Waals surface area contributed by atoms with E-state index in [1.165, 1.54) is 12.1 Å². The molecule has 0 aliphatic rings. The number of nitro groups is 1. The Morgan fingerprint density at radius 2 is 1.58 bits per heavy atom. The molecule has 0 heterocycles. The van der Waals surface area contributed by atoms with Crippen molar-refractivity contribution in [3.05, 3.63) is 34.4 Å². The van der Waals surface area contributed by atoms with Gasteiger partial charge in [-0.1, -0.05) is 0 Å². The van der Waals surface area contributed by atoms with E-state index < -0.39 is 4.92 Å². The van der Waals surface area contributed by atoms with Crippen molar-refractivity contribution < 1.29 is 4.92 Å². The summed E-state index contributed by atoms with van der Waals surface area (Å²) in [6, 6.07) is 6.32. The third-order valence-corrected chi connectivity index (χ3v) is 1.49. The van der Waals surface area contributed by atoms with Crippen LogP contribution in [-0.2, 0) is 0 Å². The van der Waals surface area contributed by atoms with Gasteiger partial charge >= 0.3 is 59.1 Å². The van der Waals surface area contributed by atoms with Crippen LogP contribution >= 0.6 is 9.24 Å². The van der Waals surface area contributed by atoms with Gasteiger partial charge < -0.3 is 0 Å². The molecule has 0 spiro atoms. The maximum absolute atomic E-state index is 10.1. The quantitative estimate of drug-likeness (QED) is 0.274. The second kappa shape index (κ2) is 7.45. The number of rotatable bonds is 1. The van der Waals surface area contributed by atoms with Crippen molar-refractivity contribution in [1.29, 1.82) is 0 Å². The molecule has 1 aromatic rings. The van der Waals surface area contributed by atoms with Crippen molar-refractivity contribution in [2.45, 2.75) is 0 Å². The number of hydrogen-bond acceptors (Lipinski definition) is 2. The van der Waals surface area contributed by atoms with Gasteiger partial charge in [0.1, 0.15) is 0 Å². The summed E-state index contributed by atoms with van der Waals surface area (Å²) in [5.41, 5.74) is 0.131. The van der Waals surface area contributed by atoms with Crippen LogP contribution in [0.25, 0.3) is 0 Å². The molecular formula is C6H8NNa2O2P. The molecule has 0 radical (unpaired) electrons. The van der Waals surface area contributed by atoms with Crippen molar-refractivity contribution >= 4 is 79.3 Å². The summed E-state index contributed by atoms with van der Waals surface area (Å²) in [4.78, 5) is 9.70. The Balaban J connectivity index is 0. The van der Waals surface area contributed by atoms with E-state index in [1.807, 2.05) is 0 Å². The molecule has 1 atom stereocenters. The van der Waals surface area contributed by atoms with Crippen LogP contribution in [0.2, 0.25) is 0 Å². The number of benzene rings is 1. The molecule has 0 aliphatic carbocycles. The molecule has 56 valence electrons. The van der Waals surface area contributed by atoms with Crippen molar-refractivity contribution in [3.63, 3.8) is 0 Å². The van der Waals surface area contributed by atoms with Gasteiger partial charge in [-0.25, -0.2) is 0 Å². The first-order valence-electron chi connectivity index (χ1n) is 2.70. The Morgan fingerprint density at radius 1 is 1.17 bits per heavy atom. The fraction of sp³-hybridized carbons (Fsp3) is 0. The first-order valence-corrected chi connectivity index (χ1v) is 3.28. The van der Waals surface area contributed by atoms with Crippen LogP contribution in [0.15, 0.2) is 24.3 Å². The fourth-order valence-electron chi connectivity index (χ4n) is 0.596. The summed E-state index contributed by atoms with van der Waals surface area (Å²) >= 11 is 0. The van der Waals surface area contributed by atoms with E-state index in [9.17, 15) is 10.1 Å². The van der Waals surface area contributed by atoms with Gasteiger partial charge in [0.15, 0.2) is 0 Å². The average Bonchev–Trinajstić information content (AvgIpc) is 1.88. The third-order valence-electron chi connectivity index (χ3n) is 1.10. The molecule has 0 bridgehead atoms. The van der Waals surface area contributed by atoms with Gasteiger partial charge in [0, 0.05) is 12.1 Å². The Hall–Kier alpha value is 1.05. The molecule has 6 heteroatoms. The molecule has 0 aromatic heterocycles. The summed E-state index contributed by atoms with van der Waals surface area (Å²) in [5.74, 6) is 0. The van der Waals surface area contributed by atoms with Gasteiger partial charge in [-0.05, 0) is 17.4 Å². The van der Waals surface area contributed by atoms with Gasteiger partial charge in [-0.15, -0.1) is 9.24 Å². The van der Waals surface area contributed by atoms with Crippen molar-refractivity contribution in [2.24, 2.45) is 0 Å². The summed E-state index contributed by atoms with van der Waals surface area (Å²) in [6.07, 6.45) is 0. The summed E-state index contributed by atoms with van der Waals surface area (Å²) in [5, 5.41) is 11.1. The van der Waals surface area contributed by atoms with E-state index in [0.29, 0.717) is 0 Å². The van der Waals surface area contributed by atoms with Gasteiger partial charge in [0.25, 0.3) is 5.69 Å². The summed E-state index contributed by atoms with van der Waals surface area (Å²) in [6.45, 7) is 0. The molecule has 12 heavy (non-hydrogen) atoms. The topological polar surface area (TPSA) is 43.1 Å². The normalized spacial score (nSPS) is 7.75. The number of nitrogens with zero attached hydrogens (tertiary/aromatic N) is 1. The minimum atomic E-state index is -0.413. The molecule has 0 amide bonds. The van der Waals surface area contributed by atoms with Crippen LogP contribution in [0.1, 0.15) is 0 Å². The first-order chi connectivity index (χ1) is 4.70. The predicted octanol–water partition coefficient (Wildman–Crippen LogP) is -0.202. The van der Waals surface area contributed by atoms with Crippen molar-refractivity contribution in [3.8, 4) is 0 Å². The summed E-state index contributed by atoms with van der Waals surface area (Å²) < 4.78 is 0. The SMILES string of the molecule is O=[N+]([O-])c1ccc(P)cc1.[NaH].[NaH]. The molecule has 1 aromatic carbocycles.